The number of pyridine rings is 1. The molecule has 2 aromatic heterocycles. The van der Waals surface area contributed by atoms with Gasteiger partial charge in [0.2, 0.25) is 0 Å². The minimum atomic E-state index is -0.655. The molecule has 0 fully saturated rings. The van der Waals surface area contributed by atoms with Crippen molar-refractivity contribution in [2.45, 2.75) is 13.5 Å². The molecule has 0 saturated carbocycles. The predicted octanol–water partition coefficient (Wildman–Crippen LogP) is 2.82. The van der Waals surface area contributed by atoms with Gasteiger partial charge >= 0.3 is 5.00 Å². The average molecular weight is 370 g/mol. The second-order valence-corrected chi connectivity index (χ2v) is 6.56. The topological polar surface area (TPSA) is 107 Å². The van der Waals surface area contributed by atoms with Gasteiger partial charge < -0.3 is 4.57 Å². The molecule has 3 aromatic rings. The molecule has 26 heavy (non-hydrogen) atoms. The first-order valence-electron chi connectivity index (χ1n) is 7.60. The Morgan fingerprint density at radius 1 is 1.31 bits per heavy atom. The van der Waals surface area contributed by atoms with Crippen molar-refractivity contribution in [1.82, 2.24) is 9.55 Å². The first-order valence-corrected chi connectivity index (χ1v) is 8.42. The molecule has 0 spiro atoms. The Bertz CT molecular complexity index is 1020. The van der Waals surface area contributed by atoms with Crippen LogP contribution in [-0.4, -0.2) is 20.4 Å². The zero-order valence-corrected chi connectivity index (χ0v) is 14.5. The van der Waals surface area contributed by atoms with Gasteiger partial charge in [-0.15, -0.1) is 0 Å². The fraction of sp³-hybridized carbons (Fsp3) is 0.118. The van der Waals surface area contributed by atoms with E-state index in [4.69, 9.17) is 0 Å². The summed E-state index contributed by atoms with van der Waals surface area (Å²) in [6.45, 7) is 2.31. The number of carbonyl (C=O) groups excluding carboxylic acids is 1. The standard InChI is InChI=1S/C17H14N4O4S/c1-11-4-6-12(7-5-11)10-20-8-2-3-13(16(20)23)15(22)19-17-18-9-14(26-17)21(24)25/h2-9H,10H2,1H3,(H,18,19,22). The number of amides is 1. The van der Waals surface area contributed by atoms with E-state index >= 15 is 0 Å². The maximum absolute atomic E-state index is 12.6. The lowest BCUT2D eigenvalue weighted by molar-refractivity contribution is -0.380. The molecule has 1 N–H and O–H groups in total. The third-order valence-corrected chi connectivity index (χ3v) is 4.50. The van der Waals surface area contributed by atoms with Crippen molar-refractivity contribution in [2.75, 3.05) is 5.32 Å². The number of aromatic nitrogens is 2. The highest BCUT2D eigenvalue weighted by atomic mass is 32.1. The Hall–Kier alpha value is -3.33. The summed E-state index contributed by atoms with van der Waals surface area (Å²) in [5.41, 5.74) is 1.55. The Morgan fingerprint density at radius 2 is 2.04 bits per heavy atom. The van der Waals surface area contributed by atoms with Crippen molar-refractivity contribution in [3.8, 4) is 0 Å². The highest BCUT2D eigenvalue weighted by Crippen LogP contribution is 2.25. The Morgan fingerprint density at radius 3 is 2.69 bits per heavy atom. The molecule has 0 saturated heterocycles. The monoisotopic (exact) mass is 370 g/mol. The van der Waals surface area contributed by atoms with E-state index in [1.165, 1.54) is 10.6 Å². The van der Waals surface area contributed by atoms with Crippen LogP contribution in [0.2, 0.25) is 0 Å². The van der Waals surface area contributed by atoms with Crippen molar-refractivity contribution in [2.24, 2.45) is 0 Å². The van der Waals surface area contributed by atoms with E-state index in [2.05, 4.69) is 10.3 Å². The lowest BCUT2D eigenvalue weighted by Crippen LogP contribution is -2.29. The molecule has 0 bridgehead atoms. The predicted molar refractivity (Wildman–Crippen MR) is 97.7 cm³/mol. The smallest absolute Gasteiger partial charge is 0.310 e. The quantitative estimate of drug-likeness (QED) is 0.549. The molecule has 3 rings (SSSR count). The third-order valence-electron chi connectivity index (χ3n) is 3.63. The van der Waals surface area contributed by atoms with Crippen LogP contribution in [0.1, 0.15) is 21.5 Å². The molecule has 0 unspecified atom stereocenters. The zero-order valence-electron chi connectivity index (χ0n) is 13.7. The van der Waals surface area contributed by atoms with E-state index in [1.54, 1.807) is 12.3 Å². The number of nitrogens with one attached hydrogen (secondary N) is 1. The van der Waals surface area contributed by atoms with Crippen LogP contribution in [0.15, 0.2) is 53.6 Å². The van der Waals surface area contributed by atoms with Crippen molar-refractivity contribution in [1.29, 1.82) is 0 Å². The van der Waals surface area contributed by atoms with Crippen LogP contribution in [0, 0.1) is 17.0 Å². The maximum Gasteiger partial charge on any atom is 0.345 e. The summed E-state index contributed by atoms with van der Waals surface area (Å²) in [6.07, 6.45) is 2.66. The number of carbonyl (C=O) groups is 1. The fourth-order valence-corrected chi connectivity index (χ4v) is 2.92. The molecule has 0 aliphatic carbocycles. The van der Waals surface area contributed by atoms with E-state index in [-0.39, 0.29) is 15.7 Å². The van der Waals surface area contributed by atoms with Crippen LogP contribution >= 0.6 is 11.3 Å². The first kappa shape index (κ1) is 17.5. The van der Waals surface area contributed by atoms with Gasteiger partial charge in [0.25, 0.3) is 11.5 Å². The Labute approximate surface area is 151 Å². The molecule has 0 aliphatic heterocycles. The molecule has 0 aliphatic rings. The Balaban J connectivity index is 1.81. The normalized spacial score (nSPS) is 10.5. The molecule has 1 aromatic carbocycles. The summed E-state index contributed by atoms with van der Waals surface area (Å²) in [5, 5.41) is 13.0. The van der Waals surface area contributed by atoms with Gasteiger partial charge in [0.05, 0.1) is 11.5 Å². The number of rotatable bonds is 5. The Kier molecular flexibility index (Phi) is 4.90. The summed E-state index contributed by atoms with van der Waals surface area (Å²) >= 11 is 0.727. The van der Waals surface area contributed by atoms with Gasteiger partial charge in [0.15, 0.2) is 5.13 Å². The molecular weight excluding hydrogens is 356 g/mol. The van der Waals surface area contributed by atoms with Gasteiger partial charge in [0.1, 0.15) is 11.8 Å². The number of benzene rings is 1. The molecule has 1 amide bonds. The number of hydrogen-bond acceptors (Lipinski definition) is 6. The van der Waals surface area contributed by atoms with Crippen molar-refractivity contribution >= 4 is 27.4 Å². The summed E-state index contributed by atoms with van der Waals surface area (Å²) < 4.78 is 1.43. The minimum Gasteiger partial charge on any atom is -0.310 e. The highest BCUT2D eigenvalue weighted by molar-refractivity contribution is 7.18. The largest absolute Gasteiger partial charge is 0.345 e. The minimum absolute atomic E-state index is 0.0579. The van der Waals surface area contributed by atoms with E-state index in [9.17, 15) is 19.7 Å². The highest BCUT2D eigenvalue weighted by Gasteiger charge is 2.17. The van der Waals surface area contributed by atoms with E-state index in [0.29, 0.717) is 6.54 Å². The van der Waals surface area contributed by atoms with Gasteiger partial charge in [-0.25, -0.2) is 4.98 Å². The summed E-state index contributed by atoms with van der Waals surface area (Å²) in [6, 6.07) is 10.8. The molecule has 9 heteroatoms. The number of hydrogen-bond donors (Lipinski definition) is 1. The van der Waals surface area contributed by atoms with Crippen molar-refractivity contribution < 1.29 is 9.72 Å². The summed E-state index contributed by atoms with van der Waals surface area (Å²) in [7, 11) is 0. The second-order valence-electron chi connectivity index (χ2n) is 5.56. The summed E-state index contributed by atoms with van der Waals surface area (Å²) in [4.78, 5) is 38.7. The average Bonchev–Trinajstić information content (AvgIpc) is 3.07. The molecule has 132 valence electrons. The number of thiazole rings is 1. The lowest BCUT2D eigenvalue weighted by atomic mass is 10.1. The SMILES string of the molecule is Cc1ccc(Cn2cccc(C(=O)Nc3ncc([N+](=O)[O-])s3)c2=O)cc1. The van der Waals surface area contributed by atoms with E-state index in [0.717, 1.165) is 28.7 Å². The van der Waals surface area contributed by atoms with Crippen LogP contribution in [0.5, 0.6) is 0 Å². The van der Waals surface area contributed by atoms with Gasteiger partial charge in [-0.05, 0) is 36.0 Å². The first-order chi connectivity index (χ1) is 12.4. The van der Waals surface area contributed by atoms with Crippen LogP contribution in [0.4, 0.5) is 10.1 Å². The van der Waals surface area contributed by atoms with E-state index in [1.807, 2.05) is 31.2 Å². The number of anilines is 1. The lowest BCUT2D eigenvalue weighted by Gasteiger charge is -2.08. The maximum atomic E-state index is 12.6. The molecule has 0 radical (unpaired) electrons. The van der Waals surface area contributed by atoms with Gasteiger partial charge in [-0.1, -0.05) is 29.8 Å². The molecular formula is C17H14N4O4S. The van der Waals surface area contributed by atoms with Crippen LogP contribution in [0.3, 0.4) is 0 Å². The zero-order chi connectivity index (χ0) is 18.7. The number of nitrogens with zero attached hydrogens (tertiary/aromatic N) is 3. The van der Waals surface area contributed by atoms with Crippen molar-refractivity contribution in [3.63, 3.8) is 0 Å². The fourth-order valence-electron chi connectivity index (χ4n) is 2.30. The van der Waals surface area contributed by atoms with Crippen LogP contribution < -0.4 is 10.9 Å². The molecule has 2 heterocycles. The number of aryl methyl sites for hydroxylation is 1. The molecule has 0 atom stereocenters. The van der Waals surface area contributed by atoms with Crippen molar-refractivity contribution in [3.05, 3.63) is 86.0 Å². The second kappa shape index (κ2) is 7.28. The number of nitro groups is 1. The van der Waals surface area contributed by atoms with Gasteiger partial charge in [0, 0.05) is 6.20 Å². The van der Waals surface area contributed by atoms with Crippen LogP contribution in [-0.2, 0) is 6.54 Å². The summed E-state index contributed by atoms with van der Waals surface area (Å²) in [5.74, 6) is -0.655. The van der Waals surface area contributed by atoms with Gasteiger partial charge in [-0.2, -0.15) is 0 Å². The van der Waals surface area contributed by atoms with Crippen LogP contribution in [0.25, 0.3) is 0 Å². The third kappa shape index (κ3) is 3.83. The van der Waals surface area contributed by atoms with E-state index < -0.39 is 16.4 Å². The van der Waals surface area contributed by atoms with Gasteiger partial charge in [-0.3, -0.25) is 25.0 Å². The molecule has 8 nitrogen and oxygen atoms in total.